The van der Waals surface area contributed by atoms with Crippen molar-refractivity contribution in [3.05, 3.63) is 80.4 Å². The Balaban J connectivity index is 1.37. The maximum Gasteiger partial charge on any atom is 0.287 e. The Morgan fingerprint density at radius 1 is 1.17 bits per heavy atom. The number of benzene rings is 2. The number of nitrogens with zero attached hydrogens (tertiary/aromatic N) is 1. The van der Waals surface area contributed by atoms with Gasteiger partial charge < -0.3 is 9.73 Å². The molecule has 1 aliphatic rings. The SMILES string of the molecule is O=C(NC1CCN(Cc2cccc(Br)c2)CC1)c1cc(=O)c2ccc(F)cc2o1. The van der Waals surface area contributed by atoms with Crippen LogP contribution in [0.1, 0.15) is 29.0 Å². The van der Waals surface area contributed by atoms with Gasteiger partial charge in [-0.2, -0.15) is 0 Å². The summed E-state index contributed by atoms with van der Waals surface area (Å²) in [7, 11) is 0. The van der Waals surface area contributed by atoms with Gasteiger partial charge in [-0.15, -0.1) is 0 Å². The molecule has 2 heterocycles. The summed E-state index contributed by atoms with van der Waals surface area (Å²) in [5.41, 5.74) is 0.957. The van der Waals surface area contributed by atoms with E-state index in [-0.39, 0.29) is 28.2 Å². The van der Waals surface area contributed by atoms with Crippen LogP contribution in [0.3, 0.4) is 0 Å². The van der Waals surface area contributed by atoms with Crippen molar-refractivity contribution in [3.63, 3.8) is 0 Å². The summed E-state index contributed by atoms with van der Waals surface area (Å²) in [5.74, 6) is -1.06. The number of fused-ring (bicyclic) bond motifs is 1. The summed E-state index contributed by atoms with van der Waals surface area (Å²) >= 11 is 3.49. The highest BCUT2D eigenvalue weighted by molar-refractivity contribution is 9.10. The van der Waals surface area contributed by atoms with Crippen LogP contribution in [0.4, 0.5) is 4.39 Å². The number of piperidine rings is 1. The molecule has 0 atom stereocenters. The molecule has 0 unspecified atom stereocenters. The first-order valence-electron chi connectivity index (χ1n) is 9.49. The number of likely N-dealkylation sites (tertiary alicyclic amines) is 1. The van der Waals surface area contributed by atoms with Crippen molar-refractivity contribution in [1.82, 2.24) is 10.2 Å². The van der Waals surface area contributed by atoms with Crippen molar-refractivity contribution in [3.8, 4) is 0 Å². The van der Waals surface area contributed by atoms with E-state index in [2.05, 4.69) is 38.3 Å². The molecular weight excluding hydrogens is 439 g/mol. The molecule has 29 heavy (non-hydrogen) atoms. The molecule has 7 heteroatoms. The molecule has 1 fully saturated rings. The summed E-state index contributed by atoms with van der Waals surface area (Å²) in [4.78, 5) is 27.1. The van der Waals surface area contributed by atoms with Crippen molar-refractivity contribution in [2.75, 3.05) is 13.1 Å². The number of rotatable bonds is 4. The Hall–Kier alpha value is -2.51. The number of hydrogen-bond acceptors (Lipinski definition) is 4. The van der Waals surface area contributed by atoms with Crippen molar-refractivity contribution in [2.24, 2.45) is 0 Å². The molecule has 3 aromatic rings. The van der Waals surface area contributed by atoms with Gasteiger partial charge in [-0.05, 0) is 42.7 Å². The van der Waals surface area contributed by atoms with Crippen LogP contribution in [-0.4, -0.2) is 29.9 Å². The fourth-order valence-electron chi connectivity index (χ4n) is 3.63. The van der Waals surface area contributed by atoms with Gasteiger partial charge in [0, 0.05) is 42.3 Å². The number of amides is 1. The highest BCUT2D eigenvalue weighted by Crippen LogP contribution is 2.18. The smallest absolute Gasteiger partial charge is 0.287 e. The minimum atomic E-state index is -0.518. The van der Waals surface area contributed by atoms with Gasteiger partial charge in [0.05, 0.1) is 5.39 Å². The molecule has 0 radical (unpaired) electrons. The second-order valence-electron chi connectivity index (χ2n) is 7.27. The van der Waals surface area contributed by atoms with Crippen LogP contribution in [0.5, 0.6) is 0 Å². The highest BCUT2D eigenvalue weighted by atomic mass is 79.9. The van der Waals surface area contributed by atoms with Crippen LogP contribution in [0, 0.1) is 5.82 Å². The third kappa shape index (κ3) is 4.74. The predicted molar refractivity (Wildman–Crippen MR) is 112 cm³/mol. The molecule has 0 aliphatic carbocycles. The lowest BCUT2D eigenvalue weighted by Gasteiger charge is -2.32. The Kier molecular flexibility index (Phi) is 5.78. The Labute approximate surface area is 175 Å². The summed E-state index contributed by atoms with van der Waals surface area (Å²) < 4.78 is 20.0. The quantitative estimate of drug-likeness (QED) is 0.639. The van der Waals surface area contributed by atoms with Crippen molar-refractivity contribution < 1.29 is 13.6 Å². The van der Waals surface area contributed by atoms with E-state index in [1.807, 2.05) is 12.1 Å². The van der Waals surface area contributed by atoms with E-state index in [4.69, 9.17) is 4.42 Å². The molecule has 150 valence electrons. The number of hydrogen-bond donors (Lipinski definition) is 1. The van der Waals surface area contributed by atoms with E-state index in [1.54, 1.807) is 0 Å². The molecular formula is C22H20BrFN2O3. The third-order valence-corrected chi connectivity index (χ3v) is 5.63. The van der Waals surface area contributed by atoms with Gasteiger partial charge in [0.1, 0.15) is 11.4 Å². The number of carbonyl (C=O) groups is 1. The minimum Gasteiger partial charge on any atom is -0.451 e. The fourth-order valence-corrected chi connectivity index (χ4v) is 4.07. The molecule has 0 saturated carbocycles. The first-order valence-corrected chi connectivity index (χ1v) is 10.3. The molecule has 1 N–H and O–H groups in total. The van der Waals surface area contributed by atoms with E-state index in [1.165, 1.54) is 17.7 Å². The average Bonchev–Trinajstić information content (AvgIpc) is 2.69. The normalized spacial score (nSPS) is 15.5. The van der Waals surface area contributed by atoms with Crippen LogP contribution in [-0.2, 0) is 6.54 Å². The van der Waals surface area contributed by atoms with E-state index in [9.17, 15) is 14.0 Å². The van der Waals surface area contributed by atoms with Crippen LogP contribution >= 0.6 is 15.9 Å². The van der Waals surface area contributed by atoms with Crippen molar-refractivity contribution in [1.29, 1.82) is 0 Å². The van der Waals surface area contributed by atoms with E-state index < -0.39 is 11.7 Å². The summed E-state index contributed by atoms with van der Waals surface area (Å²) in [6.45, 7) is 2.60. The number of carbonyl (C=O) groups excluding carboxylic acids is 1. The van der Waals surface area contributed by atoms with Crippen molar-refractivity contribution in [2.45, 2.75) is 25.4 Å². The molecule has 1 aliphatic heterocycles. The maximum absolute atomic E-state index is 13.4. The fraction of sp³-hybridized carbons (Fsp3) is 0.273. The van der Waals surface area contributed by atoms with Gasteiger partial charge in [0.25, 0.3) is 5.91 Å². The largest absolute Gasteiger partial charge is 0.451 e. The second-order valence-corrected chi connectivity index (χ2v) is 8.18. The standard InChI is InChI=1S/C22H20BrFN2O3/c23-15-3-1-2-14(10-15)13-26-8-6-17(7-9-26)25-22(28)21-12-19(27)18-5-4-16(24)11-20(18)29-21/h1-5,10-12,17H,6-9,13H2,(H,25,28). The van der Waals surface area contributed by atoms with Crippen LogP contribution in [0.25, 0.3) is 11.0 Å². The lowest BCUT2D eigenvalue weighted by Crippen LogP contribution is -2.44. The first kappa shape index (κ1) is 19.8. The van der Waals surface area contributed by atoms with Gasteiger partial charge in [-0.25, -0.2) is 4.39 Å². The summed E-state index contributed by atoms with van der Waals surface area (Å²) in [6.07, 6.45) is 1.62. The molecule has 2 aromatic carbocycles. The van der Waals surface area contributed by atoms with Gasteiger partial charge in [-0.1, -0.05) is 28.1 Å². The lowest BCUT2D eigenvalue weighted by atomic mass is 10.0. The predicted octanol–water partition coefficient (Wildman–Crippen LogP) is 4.09. The van der Waals surface area contributed by atoms with Crippen LogP contribution < -0.4 is 10.7 Å². The van der Waals surface area contributed by atoms with Gasteiger partial charge in [0.15, 0.2) is 11.2 Å². The lowest BCUT2D eigenvalue weighted by molar-refractivity contribution is 0.0881. The Morgan fingerprint density at radius 2 is 1.97 bits per heavy atom. The molecule has 0 spiro atoms. The zero-order chi connectivity index (χ0) is 20.4. The van der Waals surface area contributed by atoms with E-state index >= 15 is 0 Å². The topological polar surface area (TPSA) is 62.6 Å². The minimum absolute atomic E-state index is 0.00904. The van der Waals surface area contributed by atoms with Gasteiger partial charge in [-0.3, -0.25) is 14.5 Å². The monoisotopic (exact) mass is 458 g/mol. The second kappa shape index (κ2) is 8.47. The zero-order valence-corrected chi connectivity index (χ0v) is 17.2. The average molecular weight is 459 g/mol. The van der Waals surface area contributed by atoms with E-state index in [0.717, 1.165) is 49.1 Å². The Morgan fingerprint density at radius 3 is 2.72 bits per heavy atom. The zero-order valence-electron chi connectivity index (χ0n) is 15.7. The highest BCUT2D eigenvalue weighted by Gasteiger charge is 2.22. The van der Waals surface area contributed by atoms with Gasteiger partial charge in [0.2, 0.25) is 0 Å². The molecule has 1 saturated heterocycles. The molecule has 5 nitrogen and oxygen atoms in total. The molecule has 1 amide bonds. The van der Waals surface area contributed by atoms with Crippen LogP contribution in [0.2, 0.25) is 0 Å². The number of halogens is 2. The molecule has 1 aromatic heterocycles. The Bertz CT molecular complexity index is 1110. The maximum atomic E-state index is 13.4. The third-order valence-electron chi connectivity index (χ3n) is 5.13. The van der Waals surface area contributed by atoms with Gasteiger partial charge >= 0.3 is 0 Å². The number of nitrogens with one attached hydrogen (secondary N) is 1. The van der Waals surface area contributed by atoms with Crippen LogP contribution in [0.15, 0.2) is 62.2 Å². The van der Waals surface area contributed by atoms with E-state index in [0.29, 0.717) is 0 Å². The molecule has 4 rings (SSSR count). The molecule has 0 bridgehead atoms. The first-order chi connectivity index (χ1) is 14.0. The van der Waals surface area contributed by atoms with Crippen molar-refractivity contribution >= 4 is 32.8 Å². The summed E-state index contributed by atoms with van der Waals surface area (Å²) in [6, 6.07) is 13.1. The summed E-state index contributed by atoms with van der Waals surface area (Å²) in [5, 5.41) is 3.19.